The topological polar surface area (TPSA) is 56.3 Å². The minimum atomic E-state index is 0.000530. The Labute approximate surface area is 143 Å². The summed E-state index contributed by atoms with van der Waals surface area (Å²) in [7, 11) is 0. The molecule has 1 aliphatic heterocycles. The average molecular weight is 326 g/mol. The van der Waals surface area contributed by atoms with Gasteiger partial charge in [0, 0.05) is 24.9 Å². The van der Waals surface area contributed by atoms with Crippen molar-refractivity contribution in [1.29, 1.82) is 0 Å². The summed E-state index contributed by atoms with van der Waals surface area (Å²) >= 11 is 0. The molecule has 1 aromatic heterocycles. The Morgan fingerprint density at radius 3 is 2.50 bits per heavy atom. The number of pyridine rings is 1. The van der Waals surface area contributed by atoms with E-state index in [-0.39, 0.29) is 17.6 Å². The van der Waals surface area contributed by atoms with Gasteiger partial charge in [-0.05, 0) is 55.8 Å². The van der Waals surface area contributed by atoms with E-state index in [1.807, 2.05) is 18.2 Å². The van der Waals surface area contributed by atoms with Crippen molar-refractivity contribution in [3.63, 3.8) is 0 Å². The first kappa shape index (κ1) is 16.9. The van der Waals surface area contributed by atoms with Gasteiger partial charge in [0.25, 0.3) is 5.56 Å². The fraction of sp³-hybridized carbons (Fsp3) is 0.450. The Hall–Kier alpha value is -1.91. The number of aliphatic hydroxyl groups excluding tert-OH is 1. The van der Waals surface area contributed by atoms with Crippen molar-refractivity contribution in [2.45, 2.75) is 32.2 Å². The Bertz CT molecular complexity index is 688. The molecule has 1 aromatic carbocycles. The van der Waals surface area contributed by atoms with Crippen LogP contribution in [0.2, 0.25) is 0 Å². The number of aryl methyl sites for hydroxylation is 1. The third kappa shape index (κ3) is 4.13. The Morgan fingerprint density at radius 2 is 1.83 bits per heavy atom. The molecule has 0 atom stereocenters. The normalized spacial score (nSPS) is 17.7. The van der Waals surface area contributed by atoms with E-state index in [0.29, 0.717) is 6.54 Å². The Morgan fingerprint density at radius 1 is 1.08 bits per heavy atom. The number of rotatable bonds is 6. The lowest BCUT2D eigenvalue weighted by Crippen LogP contribution is -2.42. The van der Waals surface area contributed by atoms with Crippen LogP contribution in [-0.4, -0.2) is 34.7 Å². The van der Waals surface area contributed by atoms with Gasteiger partial charge >= 0.3 is 0 Å². The lowest BCUT2D eigenvalue weighted by molar-refractivity contribution is 0.0345. The SMILES string of the molecule is O=c1[nH]cccc1CN1CCC(CO)(CCc2ccccc2)CC1. The number of hydrogen-bond acceptors (Lipinski definition) is 3. The van der Waals surface area contributed by atoms with Crippen molar-refractivity contribution in [2.75, 3.05) is 19.7 Å². The molecule has 2 heterocycles. The fourth-order valence-electron chi connectivity index (χ4n) is 3.55. The molecule has 4 heteroatoms. The third-order valence-electron chi connectivity index (χ3n) is 5.33. The van der Waals surface area contributed by atoms with Gasteiger partial charge in [0.1, 0.15) is 0 Å². The van der Waals surface area contributed by atoms with Gasteiger partial charge in [0.15, 0.2) is 0 Å². The molecule has 1 saturated heterocycles. The van der Waals surface area contributed by atoms with Crippen molar-refractivity contribution >= 4 is 0 Å². The van der Waals surface area contributed by atoms with E-state index in [2.05, 4.69) is 34.1 Å². The third-order valence-corrected chi connectivity index (χ3v) is 5.33. The van der Waals surface area contributed by atoms with Crippen LogP contribution in [-0.2, 0) is 13.0 Å². The number of likely N-dealkylation sites (tertiary alicyclic amines) is 1. The monoisotopic (exact) mass is 326 g/mol. The summed E-state index contributed by atoms with van der Waals surface area (Å²) in [6.07, 6.45) is 5.68. The number of aromatic amines is 1. The molecule has 0 radical (unpaired) electrons. The van der Waals surface area contributed by atoms with E-state index in [1.165, 1.54) is 5.56 Å². The zero-order chi connectivity index (χ0) is 16.8. The van der Waals surface area contributed by atoms with Gasteiger partial charge in [-0.3, -0.25) is 9.69 Å². The first-order valence-corrected chi connectivity index (χ1v) is 8.75. The molecule has 1 aliphatic rings. The zero-order valence-electron chi connectivity index (χ0n) is 14.1. The Kier molecular flexibility index (Phi) is 5.48. The molecule has 24 heavy (non-hydrogen) atoms. The minimum absolute atomic E-state index is 0.000530. The highest BCUT2D eigenvalue weighted by Crippen LogP contribution is 2.36. The summed E-state index contributed by atoms with van der Waals surface area (Å²) in [5.74, 6) is 0. The molecule has 0 bridgehead atoms. The van der Waals surface area contributed by atoms with Crippen LogP contribution in [0.1, 0.15) is 30.4 Å². The van der Waals surface area contributed by atoms with Crippen LogP contribution in [0.15, 0.2) is 53.5 Å². The van der Waals surface area contributed by atoms with Gasteiger partial charge in [0.05, 0.1) is 0 Å². The molecular weight excluding hydrogens is 300 g/mol. The number of aliphatic hydroxyl groups is 1. The van der Waals surface area contributed by atoms with Crippen LogP contribution >= 0.6 is 0 Å². The average Bonchev–Trinajstić information content (AvgIpc) is 2.64. The molecule has 0 unspecified atom stereocenters. The van der Waals surface area contributed by atoms with Crippen molar-refractivity contribution in [2.24, 2.45) is 5.41 Å². The van der Waals surface area contributed by atoms with Gasteiger partial charge in [-0.2, -0.15) is 0 Å². The second-order valence-electron chi connectivity index (χ2n) is 6.94. The van der Waals surface area contributed by atoms with E-state index in [4.69, 9.17) is 0 Å². The molecule has 2 N–H and O–H groups in total. The number of aromatic nitrogens is 1. The standard InChI is InChI=1S/C20H26N2O2/c23-16-20(9-8-17-5-2-1-3-6-17)10-13-22(14-11-20)15-18-7-4-12-21-19(18)24/h1-7,12,23H,8-11,13-16H2,(H,21,24). The lowest BCUT2D eigenvalue weighted by Gasteiger charge is -2.41. The summed E-state index contributed by atoms with van der Waals surface area (Å²) < 4.78 is 0. The second kappa shape index (κ2) is 7.77. The zero-order valence-corrected chi connectivity index (χ0v) is 14.1. The first-order valence-electron chi connectivity index (χ1n) is 8.75. The van der Waals surface area contributed by atoms with Crippen LogP contribution in [0, 0.1) is 5.41 Å². The summed E-state index contributed by atoms with van der Waals surface area (Å²) in [5.41, 5.74) is 2.18. The van der Waals surface area contributed by atoms with Gasteiger partial charge in [-0.1, -0.05) is 36.4 Å². The molecule has 0 aliphatic carbocycles. The van der Waals surface area contributed by atoms with E-state index in [9.17, 15) is 9.90 Å². The molecule has 1 fully saturated rings. The fourth-order valence-corrected chi connectivity index (χ4v) is 3.55. The predicted octanol–water partition coefficient (Wildman–Crippen LogP) is 2.58. The van der Waals surface area contributed by atoms with Crippen LogP contribution in [0.25, 0.3) is 0 Å². The maximum Gasteiger partial charge on any atom is 0.252 e. The van der Waals surface area contributed by atoms with Crippen molar-refractivity contribution in [3.05, 3.63) is 70.1 Å². The molecule has 128 valence electrons. The van der Waals surface area contributed by atoms with Gasteiger partial charge in [0.2, 0.25) is 0 Å². The number of nitrogens with zero attached hydrogens (tertiary/aromatic N) is 1. The minimum Gasteiger partial charge on any atom is -0.396 e. The van der Waals surface area contributed by atoms with Crippen LogP contribution < -0.4 is 5.56 Å². The molecule has 0 amide bonds. The number of nitrogens with one attached hydrogen (secondary N) is 1. The van der Waals surface area contributed by atoms with Gasteiger partial charge in [-0.15, -0.1) is 0 Å². The smallest absolute Gasteiger partial charge is 0.252 e. The molecule has 3 rings (SSSR count). The van der Waals surface area contributed by atoms with Crippen LogP contribution in [0.4, 0.5) is 0 Å². The van der Waals surface area contributed by atoms with E-state index < -0.39 is 0 Å². The lowest BCUT2D eigenvalue weighted by atomic mass is 9.75. The van der Waals surface area contributed by atoms with Gasteiger partial charge in [-0.25, -0.2) is 0 Å². The van der Waals surface area contributed by atoms with Crippen LogP contribution in [0.3, 0.4) is 0 Å². The maximum atomic E-state index is 11.8. The molecular formula is C20H26N2O2. The van der Waals surface area contributed by atoms with E-state index >= 15 is 0 Å². The molecule has 0 spiro atoms. The summed E-state index contributed by atoms with van der Waals surface area (Å²) in [6, 6.07) is 14.3. The molecule has 0 saturated carbocycles. The number of hydrogen-bond donors (Lipinski definition) is 2. The van der Waals surface area contributed by atoms with E-state index in [0.717, 1.165) is 44.3 Å². The predicted molar refractivity (Wildman–Crippen MR) is 95.9 cm³/mol. The molecule has 4 nitrogen and oxygen atoms in total. The summed E-state index contributed by atoms with van der Waals surface area (Å²) in [6.45, 7) is 2.81. The Balaban J connectivity index is 1.55. The van der Waals surface area contributed by atoms with Crippen LogP contribution in [0.5, 0.6) is 0 Å². The summed E-state index contributed by atoms with van der Waals surface area (Å²) in [4.78, 5) is 16.9. The van der Waals surface area contributed by atoms with Crippen molar-refractivity contribution in [1.82, 2.24) is 9.88 Å². The summed E-state index contributed by atoms with van der Waals surface area (Å²) in [5, 5.41) is 9.97. The highest BCUT2D eigenvalue weighted by atomic mass is 16.3. The first-order chi connectivity index (χ1) is 11.7. The number of benzene rings is 1. The maximum absolute atomic E-state index is 11.8. The van der Waals surface area contributed by atoms with Gasteiger partial charge < -0.3 is 10.1 Å². The number of piperidine rings is 1. The van der Waals surface area contributed by atoms with Crippen molar-refractivity contribution in [3.8, 4) is 0 Å². The van der Waals surface area contributed by atoms with E-state index in [1.54, 1.807) is 6.20 Å². The largest absolute Gasteiger partial charge is 0.396 e. The second-order valence-corrected chi connectivity index (χ2v) is 6.94. The molecule has 2 aromatic rings. The van der Waals surface area contributed by atoms with Crippen molar-refractivity contribution < 1.29 is 5.11 Å². The highest BCUT2D eigenvalue weighted by molar-refractivity contribution is 5.15. The number of H-pyrrole nitrogens is 1. The highest BCUT2D eigenvalue weighted by Gasteiger charge is 2.33. The quantitative estimate of drug-likeness (QED) is 0.858.